The minimum Gasteiger partial charge on any atom is -0.480 e. The van der Waals surface area contributed by atoms with Crippen molar-refractivity contribution in [3.8, 4) is 11.6 Å². The molecule has 0 amide bonds. The van der Waals surface area contributed by atoms with E-state index in [9.17, 15) is 4.79 Å². The van der Waals surface area contributed by atoms with Gasteiger partial charge in [-0.3, -0.25) is 4.79 Å². The second-order valence-corrected chi connectivity index (χ2v) is 3.90. The number of halogens is 1. The normalized spacial score (nSPS) is 10.3. The van der Waals surface area contributed by atoms with E-state index in [0.29, 0.717) is 27.8 Å². The molecule has 2 rings (SSSR count). The van der Waals surface area contributed by atoms with Crippen molar-refractivity contribution in [3.05, 3.63) is 40.5 Å². The van der Waals surface area contributed by atoms with E-state index >= 15 is 0 Å². The van der Waals surface area contributed by atoms with E-state index in [1.165, 1.54) is 11.8 Å². The highest BCUT2D eigenvalue weighted by molar-refractivity contribution is 6.32. The third-order valence-electron chi connectivity index (χ3n) is 2.45. The van der Waals surface area contributed by atoms with Gasteiger partial charge < -0.3 is 4.74 Å². The molecular weight excluding hydrogens is 240 g/mol. The van der Waals surface area contributed by atoms with Crippen LogP contribution >= 0.6 is 11.6 Å². The number of benzene rings is 1. The molecule has 0 fully saturated rings. The van der Waals surface area contributed by atoms with Gasteiger partial charge in [-0.15, -0.1) is 0 Å². The monoisotopic (exact) mass is 250 g/mol. The molecule has 0 aliphatic carbocycles. The zero-order valence-corrected chi connectivity index (χ0v) is 10.2. The number of aldehydes is 1. The van der Waals surface area contributed by atoms with E-state index in [0.717, 1.165) is 6.29 Å². The molecule has 0 aliphatic heterocycles. The van der Waals surface area contributed by atoms with Crippen LogP contribution in [0.3, 0.4) is 0 Å². The van der Waals surface area contributed by atoms with Crippen molar-refractivity contribution in [3.63, 3.8) is 0 Å². The minimum atomic E-state index is 0.394. The van der Waals surface area contributed by atoms with Crippen LogP contribution in [0.5, 0.6) is 5.88 Å². The van der Waals surface area contributed by atoms with Gasteiger partial charge in [0, 0.05) is 0 Å². The first-order valence-corrected chi connectivity index (χ1v) is 5.40. The lowest BCUT2D eigenvalue weighted by Gasteiger charge is -2.07. The summed E-state index contributed by atoms with van der Waals surface area (Å²) in [6, 6.07) is 7.24. The Hall–Kier alpha value is -1.81. The van der Waals surface area contributed by atoms with Crippen LogP contribution < -0.4 is 4.74 Å². The fourth-order valence-corrected chi connectivity index (χ4v) is 1.85. The summed E-state index contributed by atoms with van der Waals surface area (Å²) in [5.41, 5.74) is 1.73. The average molecular weight is 251 g/mol. The van der Waals surface area contributed by atoms with Crippen molar-refractivity contribution in [1.82, 2.24) is 9.78 Å². The zero-order chi connectivity index (χ0) is 12.4. The Bertz CT molecular complexity index is 564. The van der Waals surface area contributed by atoms with Gasteiger partial charge in [0.1, 0.15) is 0 Å². The van der Waals surface area contributed by atoms with Crippen LogP contribution in [0.4, 0.5) is 0 Å². The fraction of sp³-hybridized carbons (Fsp3) is 0.167. The van der Waals surface area contributed by atoms with Crippen molar-refractivity contribution in [1.29, 1.82) is 0 Å². The smallest absolute Gasteiger partial charge is 0.227 e. The quantitative estimate of drug-likeness (QED) is 0.787. The largest absolute Gasteiger partial charge is 0.480 e. The molecule has 5 heteroatoms. The average Bonchev–Trinajstić information content (AvgIpc) is 2.65. The van der Waals surface area contributed by atoms with E-state index in [1.54, 1.807) is 13.0 Å². The number of ether oxygens (including phenoxy) is 1. The molecule has 0 unspecified atom stereocenters. The van der Waals surface area contributed by atoms with Gasteiger partial charge in [-0.05, 0) is 19.1 Å². The zero-order valence-electron chi connectivity index (χ0n) is 9.48. The predicted octanol–water partition coefficient (Wildman–Crippen LogP) is 2.66. The highest BCUT2D eigenvalue weighted by Crippen LogP contribution is 2.28. The number of nitrogens with zero attached hydrogens (tertiary/aromatic N) is 2. The SMILES string of the molecule is COc1c(C=O)c(C)nn1-c1ccccc1Cl. The van der Waals surface area contributed by atoms with Crippen LogP contribution in [0.25, 0.3) is 5.69 Å². The number of rotatable bonds is 3. The highest BCUT2D eigenvalue weighted by Gasteiger charge is 2.17. The molecule has 0 radical (unpaired) electrons. The molecule has 88 valence electrons. The first-order chi connectivity index (χ1) is 8.19. The Morgan fingerprint density at radius 2 is 2.12 bits per heavy atom. The van der Waals surface area contributed by atoms with E-state index in [2.05, 4.69) is 5.10 Å². The maximum atomic E-state index is 11.0. The van der Waals surface area contributed by atoms with Gasteiger partial charge in [-0.1, -0.05) is 23.7 Å². The van der Waals surface area contributed by atoms with Gasteiger partial charge in [0.05, 0.1) is 29.1 Å². The Morgan fingerprint density at radius 3 is 2.71 bits per heavy atom. The Balaban J connectivity index is 2.68. The lowest BCUT2D eigenvalue weighted by atomic mass is 10.3. The number of hydrogen-bond acceptors (Lipinski definition) is 3. The van der Waals surface area contributed by atoms with Crippen molar-refractivity contribution in [2.24, 2.45) is 0 Å². The second kappa shape index (κ2) is 4.59. The predicted molar refractivity (Wildman–Crippen MR) is 65.3 cm³/mol. The van der Waals surface area contributed by atoms with Crippen LogP contribution in [0.15, 0.2) is 24.3 Å². The van der Waals surface area contributed by atoms with Crippen molar-refractivity contribution in [2.45, 2.75) is 6.92 Å². The number of aryl methyl sites for hydroxylation is 1. The van der Waals surface area contributed by atoms with E-state index < -0.39 is 0 Å². The maximum Gasteiger partial charge on any atom is 0.227 e. The first-order valence-electron chi connectivity index (χ1n) is 5.02. The number of carbonyl (C=O) groups is 1. The van der Waals surface area contributed by atoms with Crippen LogP contribution in [0.1, 0.15) is 16.1 Å². The number of para-hydroxylation sites is 1. The summed E-state index contributed by atoms with van der Waals surface area (Å²) >= 11 is 6.09. The Kier molecular flexibility index (Phi) is 3.15. The van der Waals surface area contributed by atoms with E-state index in [-0.39, 0.29) is 0 Å². The van der Waals surface area contributed by atoms with Crippen molar-refractivity contribution >= 4 is 17.9 Å². The molecule has 1 aromatic carbocycles. The molecule has 4 nitrogen and oxygen atoms in total. The molecule has 0 atom stereocenters. The summed E-state index contributed by atoms with van der Waals surface area (Å²) in [7, 11) is 1.50. The Morgan fingerprint density at radius 1 is 1.41 bits per heavy atom. The highest BCUT2D eigenvalue weighted by atomic mass is 35.5. The summed E-state index contributed by atoms with van der Waals surface area (Å²) in [5, 5.41) is 4.81. The number of aromatic nitrogens is 2. The van der Waals surface area contributed by atoms with E-state index in [4.69, 9.17) is 16.3 Å². The summed E-state index contributed by atoms with van der Waals surface area (Å²) in [6.07, 6.45) is 0.731. The molecule has 0 bridgehead atoms. The standard InChI is InChI=1S/C12H11ClN2O2/c1-8-9(7-16)12(17-2)15(14-8)11-6-4-3-5-10(11)13/h3-7H,1-2H3. The molecule has 0 saturated carbocycles. The van der Waals surface area contributed by atoms with Gasteiger partial charge in [-0.2, -0.15) is 9.78 Å². The fourth-order valence-electron chi connectivity index (χ4n) is 1.64. The lowest BCUT2D eigenvalue weighted by molar-refractivity contribution is 0.112. The van der Waals surface area contributed by atoms with Gasteiger partial charge in [0.2, 0.25) is 5.88 Å². The Labute approximate surface area is 104 Å². The summed E-state index contributed by atoms with van der Waals surface area (Å²) < 4.78 is 6.74. The molecule has 0 spiro atoms. The van der Waals surface area contributed by atoms with Gasteiger partial charge in [0.15, 0.2) is 6.29 Å². The van der Waals surface area contributed by atoms with Gasteiger partial charge in [0.25, 0.3) is 0 Å². The number of methoxy groups -OCH3 is 1. The second-order valence-electron chi connectivity index (χ2n) is 3.49. The molecule has 0 aliphatic rings. The van der Waals surface area contributed by atoms with Crippen molar-refractivity contribution < 1.29 is 9.53 Å². The van der Waals surface area contributed by atoms with Crippen LogP contribution in [0, 0.1) is 6.92 Å². The third-order valence-corrected chi connectivity index (χ3v) is 2.77. The summed E-state index contributed by atoms with van der Waals surface area (Å²) in [6.45, 7) is 1.75. The van der Waals surface area contributed by atoms with Gasteiger partial charge in [-0.25, -0.2) is 0 Å². The number of carbonyl (C=O) groups excluding carboxylic acids is 1. The molecule has 1 aromatic heterocycles. The van der Waals surface area contributed by atoms with Crippen LogP contribution in [0.2, 0.25) is 5.02 Å². The first kappa shape index (κ1) is 11.7. The van der Waals surface area contributed by atoms with Gasteiger partial charge >= 0.3 is 0 Å². The minimum absolute atomic E-state index is 0.394. The third kappa shape index (κ3) is 1.91. The number of hydrogen-bond donors (Lipinski definition) is 0. The molecule has 0 N–H and O–H groups in total. The topological polar surface area (TPSA) is 44.1 Å². The van der Waals surface area contributed by atoms with E-state index in [1.807, 2.05) is 18.2 Å². The summed E-state index contributed by atoms with van der Waals surface area (Å²) in [5.74, 6) is 0.394. The molecule has 1 heterocycles. The summed E-state index contributed by atoms with van der Waals surface area (Å²) in [4.78, 5) is 11.0. The van der Waals surface area contributed by atoms with Crippen LogP contribution in [-0.2, 0) is 0 Å². The molecule has 2 aromatic rings. The lowest BCUT2D eigenvalue weighted by Crippen LogP contribution is -2.01. The van der Waals surface area contributed by atoms with Crippen molar-refractivity contribution in [2.75, 3.05) is 7.11 Å². The molecule has 0 saturated heterocycles. The maximum absolute atomic E-state index is 11.0. The molecular formula is C12H11ClN2O2. The van der Waals surface area contributed by atoms with Crippen LogP contribution in [-0.4, -0.2) is 23.2 Å². The molecule has 17 heavy (non-hydrogen) atoms.